The van der Waals surface area contributed by atoms with Gasteiger partial charge in [-0.1, -0.05) is 91.0 Å². The first-order valence-corrected chi connectivity index (χ1v) is 17.1. The first-order valence-electron chi connectivity index (χ1n) is 17.1. The van der Waals surface area contributed by atoms with Crippen molar-refractivity contribution >= 4 is 22.9 Å². The smallest absolute Gasteiger partial charge is 0.410 e. The number of amides is 2. The highest BCUT2D eigenvalue weighted by Gasteiger charge is 2.41. The summed E-state index contributed by atoms with van der Waals surface area (Å²) in [4.78, 5) is 32.6. The standard InChI is InChI=1S/C42H41N5O3/c1-41(2,3)50-40(49)46-27-13-20-35(29-46)44-39(48)31-21-22-37-36(28-31)38(30-23-25-43-26-24-30)45-47(37)42(32-14-7-4-8-15-32,33-16-9-5-10-17-33)34-18-11-6-12-19-34/h4-12,14-19,21-26,28,35H,13,20,27,29H2,1-3H3,(H,44,48)/t35-/m1/s1. The lowest BCUT2D eigenvalue weighted by molar-refractivity contribution is 0.0185. The molecule has 6 aromatic rings. The van der Waals surface area contributed by atoms with Crippen molar-refractivity contribution in [2.45, 2.75) is 50.8 Å². The minimum absolute atomic E-state index is 0.191. The number of nitrogens with zero attached hydrogens (tertiary/aromatic N) is 4. The largest absolute Gasteiger partial charge is 0.444 e. The first kappa shape index (κ1) is 32.8. The van der Waals surface area contributed by atoms with Crippen molar-refractivity contribution in [2.24, 2.45) is 0 Å². The maximum Gasteiger partial charge on any atom is 0.410 e. The molecule has 1 aliphatic heterocycles. The molecule has 2 amide bonds. The van der Waals surface area contributed by atoms with E-state index < -0.39 is 11.1 Å². The molecule has 7 rings (SSSR count). The number of likely N-dealkylation sites (tertiary alicyclic amines) is 1. The van der Waals surface area contributed by atoms with Gasteiger partial charge in [-0.05, 0) is 80.6 Å². The number of nitrogens with one attached hydrogen (secondary N) is 1. The molecule has 1 aliphatic rings. The molecule has 0 radical (unpaired) electrons. The van der Waals surface area contributed by atoms with Gasteiger partial charge in [0.05, 0.1) is 5.52 Å². The highest BCUT2D eigenvalue weighted by Crippen LogP contribution is 2.44. The Bertz CT molecular complexity index is 2000. The van der Waals surface area contributed by atoms with Gasteiger partial charge in [-0.3, -0.25) is 9.78 Å². The lowest BCUT2D eigenvalue weighted by Gasteiger charge is -2.37. The van der Waals surface area contributed by atoms with E-state index in [0.29, 0.717) is 18.7 Å². The Morgan fingerprint density at radius 2 is 1.36 bits per heavy atom. The second-order valence-electron chi connectivity index (χ2n) is 13.8. The van der Waals surface area contributed by atoms with Gasteiger partial charge >= 0.3 is 6.09 Å². The number of ether oxygens (including phenoxy) is 1. The lowest BCUT2D eigenvalue weighted by atomic mass is 9.77. The fourth-order valence-corrected chi connectivity index (χ4v) is 7.00. The molecule has 0 saturated carbocycles. The van der Waals surface area contributed by atoms with Crippen molar-refractivity contribution in [3.8, 4) is 11.3 Å². The van der Waals surface area contributed by atoms with Crippen LogP contribution in [-0.2, 0) is 10.3 Å². The number of carbonyl (C=O) groups excluding carboxylic acids is 2. The molecule has 2 aromatic heterocycles. The Morgan fingerprint density at radius 3 is 1.92 bits per heavy atom. The summed E-state index contributed by atoms with van der Waals surface area (Å²) in [7, 11) is 0. The molecule has 0 unspecified atom stereocenters. The van der Waals surface area contributed by atoms with Crippen LogP contribution in [0, 0.1) is 0 Å². The van der Waals surface area contributed by atoms with E-state index in [1.165, 1.54) is 0 Å². The van der Waals surface area contributed by atoms with Gasteiger partial charge in [-0.15, -0.1) is 0 Å². The van der Waals surface area contributed by atoms with Crippen LogP contribution in [0.1, 0.15) is 60.7 Å². The summed E-state index contributed by atoms with van der Waals surface area (Å²) in [5.41, 5.74) is 4.77. The molecule has 3 heterocycles. The zero-order valence-electron chi connectivity index (χ0n) is 28.6. The third kappa shape index (κ3) is 6.36. The number of piperidine rings is 1. The predicted octanol–water partition coefficient (Wildman–Crippen LogP) is 8.07. The molecular formula is C42H41N5O3. The Balaban J connectivity index is 1.35. The van der Waals surface area contributed by atoms with Crippen LogP contribution in [0.25, 0.3) is 22.2 Å². The molecule has 1 N–H and O–H groups in total. The molecule has 0 aliphatic carbocycles. The summed E-state index contributed by atoms with van der Waals surface area (Å²) in [6, 6.07) is 40.8. The van der Waals surface area contributed by atoms with E-state index in [0.717, 1.165) is 51.7 Å². The van der Waals surface area contributed by atoms with Gasteiger partial charge in [-0.2, -0.15) is 5.10 Å². The molecule has 50 heavy (non-hydrogen) atoms. The van der Waals surface area contributed by atoms with Crippen LogP contribution in [0.5, 0.6) is 0 Å². The van der Waals surface area contributed by atoms with Gasteiger partial charge in [0.1, 0.15) is 16.8 Å². The van der Waals surface area contributed by atoms with Gasteiger partial charge in [0, 0.05) is 48.0 Å². The number of fused-ring (bicyclic) bond motifs is 1. The number of benzene rings is 4. The van der Waals surface area contributed by atoms with Crippen LogP contribution in [0.2, 0.25) is 0 Å². The molecule has 0 bridgehead atoms. The van der Waals surface area contributed by atoms with Crippen molar-refractivity contribution in [1.29, 1.82) is 0 Å². The number of carbonyl (C=O) groups is 2. The van der Waals surface area contributed by atoms with Gasteiger partial charge in [0.25, 0.3) is 5.91 Å². The summed E-state index contributed by atoms with van der Waals surface area (Å²) >= 11 is 0. The lowest BCUT2D eigenvalue weighted by Crippen LogP contribution is -2.50. The zero-order valence-corrected chi connectivity index (χ0v) is 28.6. The molecular weight excluding hydrogens is 622 g/mol. The highest BCUT2D eigenvalue weighted by atomic mass is 16.6. The van der Waals surface area contributed by atoms with Gasteiger partial charge in [-0.25, -0.2) is 9.48 Å². The number of aromatic nitrogens is 3. The summed E-state index contributed by atoms with van der Waals surface area (Å²) < 4.78 is 7.72. The van der Waals surface area contributed by atoms with Gasteiger partial charge in [0.2, 0.25) is 0 Å². The first-order chi connectivity index (χ1) is 24.2. The third-order valence-corrected chi connectivity index (χ3v) is 9.20. The zero-order chi connectivity index (χ0) is 34.7. The van der Waals surface area contributed by atoms with Crippen molar-refractivity contribution < 1.29 is 14.3 Å². The van der Waals surface area contributed by atoms with Crippen LogP contribution in [0.15, 0.2) is 134 Å². The third-order valence-electron chi connectivity index (χ3n) is 9.20. The van der Waals surface area contributed by atoms with Crippen molar-refractivity contribution in [1.82, 2.24) is 25.0 Å². The van der Waals surface area contributed by atoms with E-state index >= 15 is 0 Å². The maximum atomic E-state index is 13.9. The van der Waals surface area contributed by atoms with Crippen molar-refractivity contribution in [2.75, 3.05) is 13.1 Å². The van der Waals surface area contributed by atoms with E-state index in [2.05, 4.69) is 87.8 Å². The molecule has 8 nitrogen and oxygen atoms in total. The van der Waals surface area contributed by atoms with Crippen LogP contribution >= 0.6 is 0 Å². The topological polar surface area (TPSA) is 89.3 Å². The van der Waals surface area contributed by atoms with E-state index in [4.69, 9.17) is 9.84 Å². The number of rotatable bonds is 7. The molecule has 4 aromatic carbocycles. The predicted molar refractivity (Wildman–Crippen MR) is 196 cm³/mol. The van der Waals surface area contributed by atoms with E-state index in [-0.39, 0.29) is 18.0 Å². The quantitative estimate of drug-likeness (QED) is 0.175. The number of hydrogen-bond acceptors (Lipinski definition) is 5. The SMILES string of the molecule is CC(C)(C)OC(=O)N1CCC[C@@H](NC(=O)c2ccc3c(c2)c(-c2ccncc2)nn3C(c2ccccc2)(c2ccccc2)c2ccccc2)C1. The Hall–Kier alpha value is -5.76. The van der Waals surface area contributed by atoms with E-state index in [9.17, 15) is 9.59 Å². The minimum atomic E-state index is -0.843. The van der Waals surface area contributed by atoms with Crippen LogP contribution < -0.4 is 5.32 Å². The monoisotopic (exact) mass is 663 g/mol. The Labute approximate surface area is 292 Å². The molecule has 252 valence electrons. The average molecular weight is 664 g/mol. The Kier molecular flexibility index (Phi) is 8.93. The second kappa shape index (κ2) is 13.6. The molecule has 1 fully saturated rings. The van der Waals surface area contributed by atoms with Gasteiger partial charge < -0.3 is 15.0 Å². The summed E-state index contributed by atoms with van der Waals surface area (Å²) in [5.74, 6) is -0.197. The molecule has 8 heteroatoms. The summed E-state index contributed by atoms with van der Waals surface area (Å²) in [6.07, 6.45) is 4.72. The summed E-state index contributed by atoms with van der Waals surface area (Å²) in [6.45, 7) is 6.58. The fourth-order valence-electron chi connectivity index (χ4n) is 7.00. The maximum absolute atomic E-state index is 13.9. The van der Waals surface area contributed by atoms with Crippen molar-refractivity contribution in [3.05, 3.63) is 156 Å². The van der Waals surface area contributed by atoms with E-state index in [1.807, 2.05) is 69.3 Å². The van der Waals surface area contributed by atoms with Crippen LogP contribution in [0.3, 0.4) is 0 Å². The van der Waals surface area contributed by atoms with E-state index in [1.54, 1.807) is 17.3 Å². The average Bonchev–Trinajstić information content (AvgIpc) is 3.52. The Morgan fingerprint density at radius 1 is 0.780 bits per heavy atom. The fraction of sp³-hybridized carbons (Fsp3) is 0.238. The molecule has 0 spiro atoms. The number of hydrogen-bond donors (Lipinski definition) is 1. The van der Waals surface area contributed by atoms with Crippen LogP contribution in [-0.4, -0.2) is 56.4 Å². The van der Waals surface area contributed by atoms with Crippen LogP contribution in [0.4, 0.5) is 4.79 Å². The second-order valence-corrected chi connectivity index (χ2v) is 13.8. The minimum Gasteiger partial charge on any atom is -0.444 e. The molecule has 1 atom stereocenters. The van der Waals surface area contributed by atoms with Gasteiger partial charge in [0.15, 0.2) is 0 Å². The molecule has 1 saturated heterocycles. The number of pyridine rings is 1. The van der Waals surface area contributed by atoms with Crippen molar-refractivity contribution in [3.63, 3.8) is 0 Å². The summed E-state index contributed by atoms with van der Waals surface area (Å²) in [5, 5.41) is 9.47. The highest BCUT2D eigenvalue weighted by molar-refractivity contribution is 6.02. The normalized spacial score (nSPS) is 15.1.